The fourth-order valence-corrected chi connectivity index (χ4v) is 7.28. The van der Waals surface area contributed by atoms with Crippen molar-refractivity contribution in [3.8, 4) is 0 Å². The van der Waals surface area contributed by atoms with Crippen LogP contribution < -0.4 is 5.32 Å². The fourth-order valence-electron chi connectivity index (χ4n) is 7.28. The van der Waals surface area contributed by atoms with Crippen LogP contribution in [0.15, 0.2) is 12.2 Å². The van der Waals surface area contributed by atoms with Gasteiger partial charge in [-0.15, -0.1) is 0 Å². The monoisotopic (exact) mass is 738 g/mol. The highest BCUT2D eigenvalue weighted by Gasteiger charge is 2.28. The molecular weight excluding hydrogens is 647 g/mol. The molecule has 0 radical (unpaired) electrons. The molecule has 0 aliphatic carbocycles. The number of hydrogen-bond donors (Lipinski definition) is 5. The zero-order valence-electron chi connectivity index (χ0n) is 34.8. The average molecular weight is 738 g/mol. The highest BCUT2D eigenvalue weighted by molar-refractivity contribution is 5.80. The number of rotatable bonds is 42. The van der Waals surface area contributed by atoms with E-state index in [1.54, 1.807) is 0 Å². The first-order valence-corrected chi connectivity index (χ1v) is 23.1. The van der Waals surface area contributed by atoms with E-state index in [0.717, 1.165) is 51.4 Å². The minimum atomic E-state index is -1.25. The number of amides is 1. The first kappa shape index (κ1) is 51.0. The van der Waals surface area contributed by atoms with Gasteiger partial charge in [0.25, 0.3) is 0 Å². The molecular formula is C46H91NO5. The van der Waals surface area contributed by atoms with Crippen LogP contribution >= 0.6 is 0 Å². The maximum Gasteiger partial charge on any atom is 0.249 e. The molecule has 0 aromatic carbocycles. The number of unbranched alkanes of at least 4 members (excludes halogenated alkanes) is 31. The van der Waals surface area contributed by atoms with E-state index in [1.807, 2.05) is 0 Å². The van der Waals surface area contributed by atoms with Gasteiger partial charge in [0.05, 0.1) is 18.8 Å². The van der Waals surface area contributed by atoms with Crippen molar-refractivity contribution in [2.75, 3.05) is 6.61 Å². The standard InChI is InChI=1S/C46H91NO5/c1-3-5-7-9-10-11-12-13-14-15-16-17-18-19-20-21-22-23-24-25-26-27-28-29-30-31-32-33-34-36-38-40-44(50)46(52)47-42(41-48)45(51)43(49)39-37-35-8-6-4-2/h19-20,42-45,48-51H,3-18,21-41H2,1-2H3,(H,47,52)/b20-19-. The molecule has 0 aromatic rings. The van der Waals surface area contributed by atoms with Crippen molar-refractivity contribution in [3.63, 3.8) is 0 Å². The molecule has 0 aliphatic heterocycles. The molecule has 4 atom stereocenters. The zero-order chi connectivity index (χ0) is 38.2. The smallest absolute Gasteiger partial charge is 0.249 e. The normalized spacial score (nSPS) is 14.2. The quantitative estimate of drug-likeness (QED) is 0.0316. The Labute approximate surface area is 323 Å². The third-order valence-electron chi connectivity index (χ3n) is 11.0. The van der Waals surface area contributed by atoms with Gasteiger partial charge in [-0.25, -0.2) is 0 Å². The van der Waals surface area contributed by atoms with Gasteiger partial charge in [0, 0.05) is 0 Å². The molecule has 0 spiro atoms. The van der Waals surface area contributed by atoms with Crippen molar-refractivity contribution in [3.05, 3.63) is 12.2 Å². The summed E-state index contributed by atoms with van der Waals surface area (Å²) in [6, 6.07) is -0.978. The third-order valence-corrected chi connectivity index (χ3v) is 11.0. The number of carbonyl (C=O) groups is 1. The lowest BCUT2D eigenvalue weighted by Crippen LogP contribution is -2.53. The predicted octanol–water partition coefficient (Wildman–Crippen LogP) is 12.2. The zero-order valence-corrected chi connectivity index (χ0v) is 34.8. The van der Waals surface area contributed by atoms with Crippen molar-refractivity contribution < 1.29 is 25.2 Å². The van der Waals surface area contributed by atoms with E-state index in [9.17, 15) is 25.2 Å². The van der Waals surface area contributed by atoms with Crippen molar-refractivity contribution >= 4 is 5.91 Å². The summed E-state index contributed by atoms with van der Waals surface area (Å²) < 4.78 is 0. The van der Waals surface area contributed by atoms with E-state index >= 15 is 0 Å². The molecule has 0 aliphatic rings. The largest absolute Gasteiger partial charge is 0.394 e. The number of nitrogens with one attached hydrogen (secondary N) is 1. The van der Waals surface area contributed by atoms with Crippen LogP contribution in [0, 0.1) is 0 Å². The molecule has 0 rings (SSSR count). The van der Waals surface area contributed by atoms with Crippen molar-refractivity contribution in [1.29, 1.82) is 0 Å². The number of hydrogen-bond acceptors (Lipinski definition) is 5. The number of carbonyl (C=O) groups excluding carboxylic acids is 1. The second kappa shape index (κ2) is 41.2. The maximum absolute atomic E-state index is 12.4. The first-order valence-electron chi connectivity index (χ1n) is 23.1. The van der Waals surface area contributed by atoms with Crippen LogP contribution in [-0.2, 0) is 4.79 Å². The topological polar surface area (TPSA) is 110 Å². The lowest BCUT2D eigenvalue weighted by atomic mass is 9.99. The van der Waals surface area contributed by atoms with Gasteiger partial charge in [-0.2, -0.15) is 0 Å². The van der Waals surface area contributed by atoms with E-state index < -0.39 is 36.9 Å². The average Bonchev–Trinajstić information content (AvgIpc) is 3.15. The Kier molecular flexibility index (Phi) is 40.5. The lowest BCUT2D eigenvalue weighted by Gasteiger charge is -2.27. The van der Waals surface area contributed by atoms with Gasteiger partial charge in [0.2, 0.25) is 5.91 Å². The Bertz CT molecular complexity index is 746. The van der Waals surface area contributed by atoms with Crippen LogP contribution in [0.25, 0.3) is 0 Å². The minimum Gasteiger partial charge on any atom is -0.394 e. The highest BCUT2D eigenvalue weighted by Crippen LogP contribution is 2.17. The molecule has 310 valence electrons. The summed E-state index contributed by atoms with van der Waals surface area (Å²) in [7, 11) is 0. The highest BCUT2D eigenvalue weighted by atomic mass is 16.3. The molecule has 0 bridgehead atoms. The second-order valence-electron chi connectivity index (χ2n) is 16.1. The summed E-state index contributed by atoms with van der Waals surface area (Å²) in [6.45, 7) is 3.96. The Hall–Kier alpha value is -0.950. The first-order chi connectivity index (χ1) is 25.5. The number of aliphatic hydroxyl groups is 4. The van der Waals surface area contributed by atoms with Gasteiger partial charge in [-0.3, -0.25) is 4.79 Å². The van der Waals surface area contributed by atoms with Crippen molar-refractivity contribution in [1.82, 2.24) is 5.32 Å². The van der Waals surface area contributed by atoms with Gasteiger partial charge < -0.3 is 25.7 Å². The van der Waals surface area contributed by atoms with Crippen molar-refractivity contribution in [2.24, 2.45) is 0 Å². The summed E-state index contributed by atoms with van der Waals surface area (Å²) in [5.74, 6) is -0.587. The van der Waals surface area contributed by atoms with E-state index in [0.29, 0.717) is 12.8 Å². The van der Waals surface area contributed by atoms with E-state index in [-0.39, 0.29) is 0 Å². The van der Waals surface area contributed by atoms with Gasteiger partial charge in [-0.05, 0) is 38.5 Å². The summed E-state index contributed by atoms with van der Waals surface area (Å²) in [6.07, 6.45) is 46.1. The van der Waals surface area contributed by atoms with Gasteiger partial charge in [-0.1, -0.05) is 219 Å². The summed E-state index contributed by atoms with van der Waals surface area (Å²) in [5, 5.41) is 43.1. The molecule has 6 nitrogen and oxygen atoms in total. The molecule has 1 amide bonds. The molecule has 0 fully saturated rings. The molecule has 0 heterocycles. The van der Waals surface area contributed by atoms with Gasteiger partial charge in [0.15, 0.2) is 0 Å². The van der Waals surface area contributed by atoms with Gasteiger partial charge >= 0.3 is 0 Å². The summed E-state index contributed by atoms with van der Waals surface area (Å²) in [5.41, 5.74) is 0. The van der Waals surface area contributed by atoms with Crippen LogP contribution in [0.2, 0.25) is 0 Å². The van der Waals surface area contributed by atoms with Gasteiger partial charge in [0.1, 0.15) is 12.2 Å². The second-order valence-corrected chi connectivity index (χ2v) is 16.1. The van der Waals surface area contributed by atoms with E-state index in [4.69, 9.17) is 0 Å². The Morgan fingerprint density at radius 3 is 1.12 bits per heavy atom. The van der Waals surface area contributed by atoms with Crippen LogP contribution in [-0.4, -0.2) is 57.3 Å². The Balaban J connectivity index is 3.47. The molecule has 52 heavy (non-hydrogen) atoms. The molecule has 6 heteroatoms. The SMILES string of the molecule is CCCCCCCCCCCCCC/C=C\CCCCCCCCCCCCCCCCCC(O)C(=O)NC(CO)C(O)C(O)CCCCCCC. The van der Waals surface area contributed by atoms with E-state index in [2.05, 4.69) is 31.3 Å². The number of aliphatic hydroxyl groups excluding tert-OH is 4. The van der Waals surface area contributed by atoms with Crippen LogP contribution in [0.4, 0.5) is 0 Å². The predicted molar refractivity (Wildman–Crippen MR) is 224 cm³/mol. The molecule has 0 aromatic heterocycles. The van der Waals surface area contributed by atoms with Crippen molar-refractivity contribution in [2.45, 2.75) is 269 Å². The fraction of sp³-hybridized carbons (Fsp3) is 0.935. The maximum atomic E-state index is 12.4. The summed E-state index contributed by atoms with van der Waals surface area (Å²) in [4.78, 5) is 12.4. The summed E-state index contributed by atoms with van der Waals surface area (Å²) >= 11 is 0. The van der Waals surface area contributed by atoms with Crippen LogP contribution in [0.3, 0.4) is 0 Å². The Morgan fingerprint density at radius 1 is 0.462 bits per heavy atom. The third kappa shape index (κ3) is 34.8. The number of allylic oxidation sites excluding steroid dienone is 2. The van der Waals surface area contributed by atoms with Crippen LogP contribution in [0.1, 0.15) is 245 Å². The molecule has 5 N–H and O–H groups in total. The lowest BCUT2D eigenvalue weighted by molar-refractivity contribution is -0.132. The van der Waals surface area contributed by atoms with E-state index in [1.165, 1.54) is 167 Å². The Morgan fingerprint density at radius 2 is 0.769 bits per heavy atom. The minimum absolute atomic E-state index is 0.372. The molecule has 0 saturated carbocycles. The molecule has 4 unspecified atom stereocenters. The van der Waals surface area contributed by atoms with Crippen LogP contribution in [0.5, 0.6) is 0 Å². The molecule has 0 saturated heterocycles.